The van der Waals surface area contributed by atoms with Crippen LogP contribution in [0.5, 0.6) is 0 Å². The molecule has 98 valence electrons. The van der Waals surface area contributed by atoms with E-state index in [9.17, 15) is 9.18 Å². The minimum Gasteiger partial charge on any atom is -0.287 e. The number of benzene rings is 2. The number of carbonyl (C=O) groups is 1. The molecule has 0 aliphatic rings. The quantitative estimate of drug-likeness (QED) is 0.820. The third-order valence-electron chi connectivity index (χ3n) is 3.15. The maximum atomic E-state index is 13.7. The van der Waals surface area contributed by atoms with E-state index in [-0.39, 0.29) is 16.9 Å². The molecule has 1 atom stereocenters. The first-order chi connectivity index (χ1) is 9.13. The zero-order valence-corrected chi connectivity index (χ0v) is 11.7. The molecule has 19 heavy (non-hydrogen) atoms. The van der Waals surface area contributed by atoms with E-state index < -0.39 is 0 Å². The van der Waals surface area contributed by atoms with Gasteiger partial charge in [0, 0.05) is 5.56 Å². The van der Waals surface area contributed by atoms with Crippen molar-refractivity contribution in [1.82, 2.24) is 0 Å². The van der Waals surface area contributed by atoms with E-state index in [1.54, 1.807) is 18.4 Å². The molecule has 0 aliphatic heterocycles. The Bertz CT molecular complexity index is 578. The summed E-state index contributed by atoms with van der Waals surface area (Å²) in [5.41, 5.74) is 2.36. The summed E-state index contributed by atoms with van der Waals surface area (Å²) < 4.78 is 13.7. The smallest absolute Gasteiger partial charge is 0.195 e. The van der Waals surface area contributed by atoms with Gasteiger partial charge in [0.25, 0.3) is 0 Å². The molecular formula is C16H15FOS. The molecule has 3 heteroatoms. The number of thioether (sulfide) groups is 1. The van der Waals surface area contributed by atoms with Crippen LogP contribution in [0.15, 0.2) is 48.5 Å². The van der Waals surface area contributed by atoms with Crippen LogP contribution in [0.1, 0.15) is 18.4 Å². The molecule has 2 rings (SSSR count). The second-order valence-corrected chi connectivity index (χ2v) is 5.16. The van der Waals surface area contributed by atoms with E-state index >= 15 is 0 Å². The highest BCUT2D eigenvalue weighted by atomic mass is 32.2. The van der Waals surface area contributed by atoms with E-state index in [0.717, 1.165) is 11.1 Å². The van der Waals surface area contributed by atoms with Crippen molar-refractivity contribution in [1.29, 1.82) is 0 Å². The highest BCUT2D eigenvalue weighted by Crippen LogP contribution is 2.26. The molecular weight excluding hydrogens is 259 g/mol. The number of carbonyl (C=O) groups excluding carboxylic acids is 1. The monoisotopic (exact) mass is 274 g/mol. The molecule has 0 spiro atoms. The molecule has 0 heterocycles. The number of hydrogen-bond donors (Lipinski definition) is 0. The molecule has 0 saturated carbocycles. The van der Waals surface area contributed by atoms with Crippen LogP contribution in [0.25, 0.3) is 11.1 Å². The number of hydrogen-bond acceptors (Lipinski definition) is 2. The van der Waals surface area contributed by atoms with Crippen LogP contribution < -0.4 is 0 Å². The Kier molecular flexibility index (Phi) is 4.38. The van der Waals surface area contributed by atoms with Gasteiger partial charge in [0.15, 0.2) is 5.12 Å². The third-order valence-corrected chi connectivity index (χ3v) is 3.91. The zero-order chi connectivity index (χ0) is 13.8. The molecule has 0 N–H and O–H groups in total. The standard InChI is InChI=1S/C16H15FOS/c1-11(16(18)19-2)12-7-9-13(10-8-12)14-5-3-4-6-15(14)17/h3-11H,1-2H3. The third kappa shape index (κ3) is 3.04. The fraction of sp³-hybridized carbons (Fsp3) is 0.188. The largest absolute Gasteiger partial charge is 0.287 e. The zero-order valence-electron chi connectivity index (χ0n) is 10.9. The van der Waals surface area contributed by atoms with Gasteiger partial charge < -0.3 is 0 Å². The summed E-state index contributed by atoms with van der Waals surface area (Å²) in [4.78, 5) is 11.6. The lowest BCUT2D eigenvalue weighted by Gasteiger charge is -2.10. The van der Waals surface area contributed by atoms with Gasteiger partial charge >= 0.3 is 0 Å². The summed E-state index contributed by atoms with van der Waals surface area (Å²) in [5.74, 6) is -0.367. The molecule has 0 amide bonds. The van der Waals surface area contributed by atoms with Crippen LogP contribution in [-0.4, -0.2) is 11.4 Å². The first kappa shape index (κ1) is 13.8. The summed E-state index contributed by atoms with van der Waals surface area (Å²) in [6.07, 6.45) is 1.78. The first-order valence-corrected chi connectivity index (χ1v) is 7.28. The Balaban J connectivity index is 2.29. The van der Waals surface area contributed by atoms with Gasteiger partial charge in [-0.05, 0) is 23.4 Å². The summed E-state index contributed by atoms with van der Waals surface area (Å²) in [6, 6.07) is 14.2. The van der Waals surface area contributed by atoms with E-state index in [2.05, 4.69) is 0 Å². The Morgan fingerprint density at radius 2 is 1.74 bits per heavy atom. The fourth-order valence-electron chi connectivity index (χ4n) is 1.96. The highest BCUT2D eigenvalue weighted by molar-refractivity contribution is 8.13. The SMILES string of the molecule is CSC(=O)C(C)c1ccc(-c2ccccc2F)cc1. The van der Waals surface area contributed by atoms with Crippen LogP contribution in [0.4, 0.5) is 4.39 Å². The van der Waals surface area contributed by atoms with Gasteiger partial charge in [-0.2, -0.15) is 0 Å². The molecule has 1 unspecified atom stereocenters. The van der Waals surface area contributed by atoms with Crippen molar-refractivity contribution in [3.63, 3.8) is 0 Å². The number of rotatable bonds is 3. The van der Waals surface area contributed by atoms with E-state index in [4.69, 9.17) is 0 Å². The number of halogens is 1. The molecule has 0 fully saturated rings. The lowest BCUT2D eigenvalue weighted by molar-refractivity contribution is -0.111. The highest BCUT2D eigenvalue weighted by Gasteiger charge is 2.14. The van der Waals surface area contributed by atoms with Crippen molar-refractivity contribution in [3.8, 4) is 11.1 Å². The first-order valence-electron chi connectivity index (χ1n) is 6.06. The normalized spacial score (nSPS) is 12.2. The minimum atomic E-state index is -0.233. The lowest BCUT2D eigenvalue weighted by atomic mass is 9.98. The molecule has 1 nitrogen and oxygen atoms in total. The predicted octanol–water partition coefficient (Wildman–Crippen LogP) is 4.49. The lowest BCUT2D eigenvalue weighted by Crippen LogP contribution is -2.03. The van der Waals surface area contributed by atoms with Crippen molar-refractivity contribution in [2.45, 2.75) is 12.8 Å². The molecule has 0 bridgehead atoms. The van der Waals surface area contributed by atoms with Gasteiger partial charge in [0.2, 0.25) is 0 Å². The minimum absolute atomic E-state index is 0.135. The Labute approximate surface area is 116 Å². The topological polar surface area (TPSA) is 17.1 Å². The summed E-state index contributed by atoms with van der Waals surface area (Å²) >= 11 is 1.23. The molecule has 2 aromatic carbocycles. The van der Waals surface area contributed by atoms with Gasteiger partial charge in [-0.25, -0.2) is 4.39 Å². The molecule has 0 radical (unpaired) electrons. The summed E-state index contributed by atoms with van der Waals surface area (Å²) in [7, 11) is 0. The van der Waals surface area contributed by atoms with Crippen molar-refractivity contribution < 1.29 is 9.18 Å². The second kappa shape index (κ2) is 6.02. The molecule has 0 aromatic heterocycles. The summed E-state index contributed by atoms with van der Waals surface area (Å²) in [6.45, 7) is 1.89. The van der Waals surface area contributed by atoms with Crippen molar-refractivity contribution in [2.75, 3.05) is 6.26 Å². The maximum absolute atomic E-state index is 13.7. The molecule has 0 aliphatic carbocycles. The fourth-order valence-corrected chi connectivity index (χ4v) is 2.45. The summed E-state index contributed by atoms with van der Waals surface area (Å²) in [5, 5.41) is 0.138. The van der Waals surface area contributed by atoms with Gasteiger partial charge in [-0.15, -0.1) is 0 Å². The maximum Gasteiger partial charge on any atom is 0.195 e. The molecule has 2 aromatic rings. The van der Waals surface area contributed by atoms with Gasteiger partial charge in [0.1, 0.15) is 5.82 Å². The molecule has 0 saturated heterocycles. The van der Waals surface area contributed by atoms with E-state index in [0.29, 0.717) is 5.56 Å². The Hall–Kier alpha value is -1.61. The van der Waals surface area contributed by atoms with Crippen molar-refractivity contribution >= 4 is 16.9 Å². The van der Waals surface area contributed by atoms with Crippen molar-refractivity contribution in [3.05, 3.63) is 59.9 Å². The Morgan fingerprint density at radius 1 is 1.11 bits per heavy atom. The van der Waals surface area contributed by atoms with Crippen LogP contribution in [-0.2, 0) is 4.79 Å². The van der Waals surface area contributed by atoms with Gasteiger partial charge in [-0.3, -0.25) is 4.79 Å². The second-order valence-electron chi connectivity index (χ2n) is 4.35. The van der Waals surface area contributed by atoms with Crippen LogP contribution in [0.2, 0.25) is 0 Å². The Morgan fingerprint density at radius 3 is 2.32 bits per heavy atom. The average molecular weight is 274 g/mol. The van der Waals surface area contributed by atoms with Crippen LogP contribution in [0, 0.1) is 5.82 Å². The van der Waals surface area contributed by atoms with Crippen LogP contribution >= 0.6 is 11.8 Å². The van der Waals surface area contributed by atoms with Crippen molar-refractivity contribution in [2.24, 2.45) is 0 Å². The predicted molar refractivity (Wildman–Crippen MR) is 78.8 cm³/mol. The van der Waals surface area contributed by atoms with E-state index in [1.165, 1.54) is 17.8 Å². The van der Waals surface area contributed by atoms with Gasteiger partial charge in [-0.1, -0.05) is 61.2 Å². The van der Waals surface area contributed by atoms with Gasteiger partial charge in [0.05, 0.1) is 5.92 Å². The van der Waals surface area contributed by atoms with E-state index in [1.807, 2.05) is 37.3 Å². The average Bonchev–Trinajstić information content (AvgIpc) is 2.46. The van der Waals surface area contributed by atoms with Crippen LogP contribution in [0.3, 0.4) is 0 Å².